The van der Waals surface area contributed by atoms with Crippen LogP contribution in [0.1, 0.15) is 37.7 Å². The summed E-state index contributed by atoms with van der Waals surface area (Å²) in [6, 6.07) is 7.24. The van der Waals surface area contributed by atoms with E-state index in [0.717, 1.165) is 6.42 Å². The van der Waals surface area contributed by atoms with Gasteiger partial charge in [0.2, 0.25) is 0 Å². The van der Waals surface area contributed by atoms with Crippen molar-refractivity contribution in [3.05, 3.63) is 52.0 Å². The van der Waals surface area contributed by atoms with Crippen LogP contribution in [-0.2, 0) is 6.54 Å². The van der Waals surface area contributed by atoms with Crippen LogP contribution in [0.3, 0.4) is 0 Å². The second-order valence-electron chi connectivity index (χ2n) is 6.83. The molecule has 0 N–H and O–H groups in total. The number of benzene rings is 1. The van der Waals surface area contributed by atoms with Crippen molar-refractivity contribution in [3.8, 4) is 0 Å². The van der Waals surface area contributed by atoms with E-state index in [4.69, 9.17) is 0 Å². The monoisotopic (exact) mass is 325 g/mol. The lowest BCUT2D eigenvalue weighted by Crippen LogP contribution is -2.37. The summed E-state index contributed by atoms with van der Waals surface area (Å²) in [6.45, 7) is 7.94. The molecule has 1 aromatic carbocycles. The zero-order chi connectivity index (χ0) is 17.3. The van der Waals surface area contributed by atoms with Gasteiger partial charge in [-0.2, -0.15) is 5.10 Å². The van der Waals surface area contributed by atoms with Gasteiger partial charge in [0.05, 0.1) is 5.39 Å². The van der Waals surface area contributed by atoms with Gasteiger partial charge in [0.25, 0.3) is 11.5 Å². The van der Waals surface area contributed by atoms with Gasteiger partial charge in [0.15, 0.2) is 5.69 Å². The first-order valence-corrected chi connectivity index (χ1v) is 8.42. The van der Waals surface area contributed by atoms with Gasteiger partial charge in [-0.25, -0.2) is 4.68 Å². The molecule has 0 saturated carbocycles. The number of fused-ring (bicyclic) bond motifs is 1. The number of amides is 1. The molecule has 126 valence electrons. The van der Waals surface area contributed by atoms with Crippen LogP contribution in [-0.4, -0.2) is 33.7 Å². The minimum absolute atomic E-state index is 0.104. The first kappa shape index (κ1) is 16.4. The Morgan fingerprint density at radius 1 is 1.25 bits per heavy atom. The lowest BCUT2D eigenvalue weighted by atomic mass is 10.1. The van der Waals surface area contributed by atoms with Gasteiger partial charge in [0.1, 0.15) is 0 Å². The van der Waals surface area contributed by atoms with Gasteiger partial charge < -0.3 is 4.90 Å². The van der Waals surface area contributed by atoms with E-state index in [1.165, 1.54) is 10.3 Å². The molecule has 1 aliphatic rings. The third-order valence-corrected chi connectivity index (χ3v) is 4.33. The number of aromatic nitrogens is 2. The topological polar surface area (TPSA) is 55.2 Å². The Morgan fingerprint density at radius 2 is 1.96 bits per heavy atom. The number of nitrogens with zero attached hydrogens (tertiary/aromatic N) is 3. The van der Waals surface area contributed by atoms with Crippen molar-refractivity contribution in [2.24, 2.45) is 5.92 Å². The standard InChI is InChI=1S/C19H23N3O2/c1-13(2)12-22-18(23)16-7-5-4-6-15(16)17(20-22)19(24)21-10-8-14(3)9-11-21/h4-8,13H,9-12H2,1-3H3. The smallest absolute Gasteiger partial charge is 0.275 e. The summed E-state index contributed by atoms with van der Waals surface area (Å²) in [7, 11) is 0. The van der Waals surface area contributed by atoms with Crippen LogP contribution in [0.4, 0.5) is 0 Å². The van der Waals surface area contributed by atoms with Crippen molar-refractivity contribution in [3.63, 3.8) is 0 Å². The highest BCUT2D eigenvalue weighted by atomic mass is 16.2. The maximum absolute atomic E-state index is 13.0. The molecular weight excluding hydrogens is 302 g/mol. The molecule has 2 aromatic rings. The van der Waals surface area contributed by atoms with Gasteiger partial charge >= 0.3 is 0 Å². The Balaban J connectivity index is 2.11. The molecule has 2 heterocycles. The number of rotatable bonds is 3. The van der Waals surface area contributed by atoms with Gasteiger partial charge in [0, 0.05) is 25.0 Å². The largest absolute Gasteiger partial charge is 0.333 e. The minimum Gasteiger partial charge on any atom is -0.333 e. The fraction of sp³-hybridized carbons (Fsp3) is 0.421. The zero-order valence-electron chi connectivity index (χ0n) is 14.5. The molecule has 0 radical (unpaired) electrons. The molecule has 5 heteroatoms. The van der Waals surface area contributed by atoms with E-state index in [9.17, 15) is 9.59 Å². The third-order valence-electron chi connectivity index (χ3n) is 4.33. The summed E-state index contributed by atoms with van der Waals surface area (Å²) in [5.74, 6) is 0.173. The van der Waals surface area contributed by atoms with Crippen molar-refractivity contribution in [2.75, 3.05) is 13.1 Å². The van der Waals surface area contributed by atoms with Crippen molar-refractivity contribution in [2.45, 2.75) is 33.7 Å². The molecule has 1 aliphatic heterocycles. The van der Waals surface area contributed by atoms with Crippen LogP contribution < -0.4 is 5.56 Å². The maximum Gasteiger partial charge on any atom is 0.275 e. The van der Waals surface area contributed by atoms with E-state index in [2.05, 4.69) is 18.1 Å². The summed E-state index contributed by atoms with van der Waals surface area (Å²) in [5.41, 5.74) is 1.55. The van der Waals surface area contributed by atoms with Gasteiger partial charge in [-0.15, -0.1) is 0 Å². The van der Waals surface area contributed by atoms with Crippen LogP contribution in [0.15, 0.2) is 40.7 Å². The zero-order valence-corrected chi connectivity index (χ0v) is 14.5. The normalized spacial score (nSPS) is 15.0. The third kappa shape index (κ3) is 3.11. The summed E-state index contributed by atoms with van der Waals surface area (Å²) in [6.07, 6.45) is 2.96. The SMILES string of the molecule is CC1=CCN(C(=O)c2nn(CC(C)C)c(=O)c3ccccc23)CC1. The molecule has 24 heavy (non-hydrogen) atoms. The van der Waals surface area contributed by atoms with Crippen molar-refractivity contribution in [1.29, 1.82) is 0 Å². The lowest BCUT2D eigenvalue weighted by Gasteiger charge is -2.25. The van der Waals surface area contributed by atoms with E-state index in [0.29, 0.717) is 36.1 Å². The molecule has 3 rings (SSSR count). The molecule has 0 unspecified atom stereocenters. The minimum atomic E-state index is -0.134. The maximum atomic E-state index is 13.0. The molecule has 0 saturated heterocycles. The van der Waals surface area contributed by atoms with Crippen molar-refractivity contribution >= 4 is 16.7 Å². The van der Waals surface area contributed by atoms with Gasteiger partial charge in [-0.1, -0.05) is 43.7 Å². The molecule has 1 amide bonds. The summed E-state index contributed by atoms with van der Waals surface area (Å²) in [5, 5.41) is 5.62. The van der Waals surface area contributed by atoms with E-state index >= 15 is 0 Å². The number of carbonyl (C=O) groups excluding carboxylic acids is 1. The highest BCUT2D eigenvalue weighted by Gasteiger charge is 2.23. The molecule has 0 bridgehead atoms. The van der Waals surface area contributed by atoms with Crippen molar-refractivity contribution < 1.29 is 4.79 Å². The Kier molecular flexibility index (Phi) is 4.51. The summed E-state index contributed by atoms with van der Waals surface area (Å²) in [4.78, 5) is 27.4. The van der Waals surface area contributed by atoms with Crippen LogP contribution in [0.25, 0.3) is 10.8 Å². The number of hydrogen-bond acceptors (Lipinski definition) is 3. The molecule has 5 nitrogen and oxygen atoms in total. The van der Waals surface area contributed by atoms with Crippen LogP contribution in [0.2, 0.25) is 0 Å². The van der Waals surface area contributed by atoms with Crippen LogP contribution in [0, 0.1) is 5.92 Å². The van der Waals surface area contributed by atoms with Gasteiger partial charge in [-0.3, -0.25) is 9.59 Å². The average Bonchev–Trinajstić information content (AvgIpc) is 2.57. The first-order valence-electron chi connectivity index (χ1n) is 8.42. The number of carbonyl (C=O) groups is 1. The predicted octanol–water partition coefficient (Wildman–Crippen LogP) is 2.84. The molecule has 0 fully saturated rings. The van der Waals surface area contributed by atoms with Crippen molar-refractivity contribution in [1.82, 2.24) is 14.7 Å². The average molecular weight is 325 g/mol. The fourth-order valence-corrected chi connectivity index (χ4v) is 2.97. The molecular formula is C19H23N3O2. The lowest BCUT2D eigenvalue weighted by molar-refractivity contribution is 0.0762. The Bertz CT molecular complexity index is 865. The Hall–Kier alpha value is -2.43. The summed E-state index contributed by atoms with van der Waals surface area (Å²) >= 11 is 0. The molecule has 0 spiro atoms. The highest BCUT2D eigenvalue weighted by Crippen LogP contribution is 2.18. The molecule has 1 aromatic heterocycles. The molecule has 0 atom stereocenters. The van der Waals surface area contributed by atoms with E-state index in [1.807, 2.05) is 32.0 Å². The molecule has 0 aliphatic carbocycles. The van der Waals surface area contributed by atoms with E-state index < -0.39 is 0 Å². The van der Waals surface area contributed by atoms with Crippen LogP contribution >= 0.6 is 0 Å². The van der Waals surface area contributed by atoms with Gasteiger partial charge in [-0.05, 0) is 25.3 Å². The summed E-state index contributed by atoms with van der Waals surface area (Å²) < 4.78 is 1.44. The fourth-order valence-electron chi connectivity index (χ4n) is 2.97. The number of hydrogen-bond donors (Lipinski definition) is 0. The van der Waals surface area contributed by atoms with Crippen LogP contribution in [0.5, 0.6) is 0 Å². The first-order chi connectivity index (χ1) is 11.5. The second kappa shape index (κ2) is 6.59. The Morgan fingerprint density at radius 3 is 2.58 bits per heavy atom. The quantitative estimate of drug-likeness (QED) is 0.816. The second-order valence-corrected chi connectivity index (χ2v) is 6.83. The predicted molar refractivity (Wildman–Crippen MR) is 95.1 cm³/mol. The van der Waals surface area contributed by atoms with E-state index in [-0.39, 0.29) is 17.4 Å². The van der Waals surface area contributed by atoms with E-state index in [1.54, 1.807) is 11.0 Å². The Labute approximate surface area is 141 Å². The highest BCUT2D eigenvalue weighted by molar-refractivity contribution is 6.04.